The molecule has 0 saturated heterocycles. The summed E-state index contributed by atoms with van der Waals surface area (Å²) >= 11 is 6.39. The van der Waals surface area contributed by atoms with Gasteiger partial charge in [-0.25, -0.2) is 0 Å². The fourth-order valence-electron chi connectivity index (χ4n) is 0.981. The molecule has 1 aromatic heterocycles. The van der Waals surface area contributed by atoms with E-state index in [0.29, 0.717) is 15.5 Å². The van der Waals surface area contributed by atoms with Gasteiger partial charge >= 0.3 is 0 Å². The predicted molar refractivity (Wildman–Crippen MR) is 61.2 cm³/mol. The Morgan fingerprint density at radius 3 is 2.86 bits per heavy atom. The molecule has 72 valence electrons. The first kappa shape index (κ1) is 11.2. The highest BCUT2D eigenvalue weighted by Crippen LogP contribution is 2.10. The zero-order chi connectivity index (χ0) is 10.7. The minimum atomic E-state index is -0.309. The molecule has 3 nitrogen and oxygen atoms in total. The van der Waals surface area contributed by atoms with E-state index in [1.807, 2.05) is 6.07 Å². The number of aromatic nitrogens is 1. The van der Waals surface area contributed by atoms with E-state index in [4.69, 9.17) is 5.26 Å². The number of hydrogen-bond donors (Lipinski definition) is 0. The molecular weight excluding hydrogens is 312 g/mol. The van der Waals surface area contributed by atoms with Crippen molar-refractivity contribution in [3.05, 3.63) is 43.7 Å². The highest BCUT2D eigenvalue weighted by molar-refractivity contribution is 9.11. The molecule has 0 bridgehead atoms. The van der Waals surface area contributed by atoms with Gasteiger partial charge in [0.15, 0.2) is 0 Å². The first-order valence-electron chi connectivity index (χ1n) is 3.68. The summed E-state index contributed by atoms with van der Waals surface area (Å²) in [7, 11) is 0. The molecule has 0 unspecified atom stereocenters. The van der Waals surface area contributed by atoms with Gasteiger partial charge in [0.1, 0.15) is 11.6 Å². The Balaban J connectivity index is 3.31. The first-order valence-corrected chi connectivity index (χ1v) is 5.26. The number of allylic oxidation sites excluding steroid dienone is 1. The number of nitrogens with zero attached hydrogens (tertiary/aromatic N) is 2. The summed E-state index contributed by atoms with van der Waals surface area (Å²) < 4.78 is 2.80. The Morgan fingerprint density at radius 1 is 1.71 bits per heavy atom. The van der Waals surface area contributed by atoms with E-state index in [1.165, 1.54) is 10.6 Å². The maximum Gasteiger partial charge on any atom is 0.268 e. The Bertz CT molecular complexity index is 471. The van der Waals surface area contributed by atoms with E-state index in [-0.39, 0.29) is 11.1 Å². The molecule has 1 heterocycles. The van der Waals surface area contributed by atoms with Crippen LogP contribution in [0.4, 0.5) is 0 Å². The summed E-state index contributed by atoms with van der Waals surface area (Å²) in [5, 5.41) is 8.68. The molecule has 0 aliphatic rings. The number of hydrogen-bond acceptors (Lipinski definition) is 2. The van der Waals surface area contributed by atoms with Gasteiger partial charge in [-0.05, 0) is 22.0 Å². The minimum absolute atomic E-state index is 0.119. The van der Waals surface area contributed by atoms with Gasteiger partial charge in [-0.3, -0.25) is 4.79 Å². The molecule has 1 aromatic rings. The molecule has 0 aliphatic heterocycles. The van der Waals surface area contributed by atoms with E-state index in [9.17, 15) is 4.79 Å². The van der Waals surface area contributed by atoms with Gasteiger partial charge in [0.25, 0.3) is 5.56 Å². The summed E-state index contributed by atoms with van der Waals surface area (Å²) in [4.78, 5) is 11.5. The Kier molecular flexibility index (Phi) is 3.67. The molecule has 14 heavy (non-hydrogen) atoms. The van der Waals surface area contributed by atoms with Gasteiger partial charge in [0, 0.05) is 15.2 Å². The van der Waals surface area contributed by atoms with Crippen molar-refractivity contribution in [2.75, 3.05) is 0 Å². The zero-order valence-corrected chi connectivity index (χ0v) is 10.3. The SMILES string of the molecule is C=C(Br)Cn1cc(Br)cc(C#N)c1=O. The van der Waals surface area contributed by atoms with Gasteiger partial charge in [-0.15, -0.1) is 0 Å². The minimum Gasteiger partial charge on any atom is -0.308 e. The monoisotopic (exact) mass is 316 g/mol. The first-order chi connectivity index (χ1) is 6.54. The molecule has 0 saturated carbocycles. The van der Waals surface area contributed by atoms with Crippen LogP contribution in [0.1, 0.15) is 5.56 Å². The highest BCUT2D eigenvalue weighted by Gasteiger charge is 2.04. The van der Waals surface area contributed by atoms with Gasteiger partial charge in [0.2, 0.25) is 0 Å². The average molecular weight is 318 g/mol. The van der Waals surface area contributed by atoms with Crippen molar-refractivity contribution >= 4 is 31.9 Å². The van der Waals surface area contributed by atoms with Crippen LogP contribution in [0.2, 0.25) is 0 Å². The summed E-state index contributed by atoms with van der Waals surface area (Å²) in [6, 6.07) is 3.34. The smallest absolute Gasteiger partial charge is 0.268 e. The van der Waals surface area contributed by atoms with Crippen molar-refractivity contribution in [3.8, 4) is 6.07 Å². The van der Waals surface area contributed by atoms with Crippen LogP contribution in [-0.2, 0) is 6.54 Å². The van der Waals surface area contributed by atoms with Crippen LogP contribution in [-0.4, -0.2) is 4.57 Å². The largest absolute Gasteiger partial charge is 0.308 e. The number of nitriles is 1. The van der Waals surface area contributed by atoms with E-state index < -0.39 is 0 Å². The second kappa shape index (κ2) is 4.58. The van der Waals surface area contributed by atoms with Crippen molar-refractivity contribution in [2.45, 2.75) is 6.54 Å². The second-order valence-corrected chi connectivity index (χ2v) is 4.67. The zero-order valence-electron chi connectivity index (χ0n) is 7.13. The average Bonchev–Trinajstić information content (AvgIpc) is 2.09. The normalized spacial score (nSPS) is 9.50. The molecular formula is C9H6Br2N2O. The highest BCUT2D eigenvalue weighted by atomic mass is 79.9. The quantitative estimate of drug-likeness (QED) is 0.840. The van der Waals surface area contributed by atoms with Gasteiger partial charge in [0.05, 0.1) is 6.54 Å². The van der Waals surface area contributed by atoms with Crippen LogP contribution in [0.5, 0.6) is 0 Å². The number of halogens is 2. The molecule has 0 spiro atoms. The third kappa shape index (κ3) is 2.56. The van der Waals surface area contributed by atoms with Crippen molar-refractivity contribution in [1.29, 1.82) is 5.26 Å². The topological polar surface area (TPSA) is 45.8 Å². The van der Waals surface area contributed by atoms with Gasteiger partial charge in [-0.2, -0.15) is 5.26 Å². The van der Waals surface area contributed by atoms with E-state index in [0.717, 1.165) is 0 Å². The standard InChI is InChI=1S/C9H6Br2N2O/c1-6(10)4-13-5-8(11)2-7(3-12)9(13)14/h2,5H,1,4H2. The molecule has 5 heteroatoms. The molecule has 0 fully saturated rings. The number of pyridine rings is 1. The molecule has 1 rings (SSSR count). The Morgan fingerprint density at radius 2 is 2.36 bits per heavy atom. The Labute approximate surface area is 97.9 Å². The summed E-state index contributed by atoms with van der Waals surface area (Å²) in [6.07, 6.45) is 1.62. The van der Waals surface area contributed by atoms with Gasteiger partial charge in [-0.1, -0.05) is 22.5 Å². The summed E-state index contributed by atoms with van der Waals surface area (Å²) in [6.45, 7) is 3.99. The molecule has 0 aliphatic carbocycles. The van der Waals surface area contributed by atoms with Crippen LogP contribution < -0.4 is 5.56 Å². The summed E-state index contributed by atoms with van der Waals surface area (Å²) in [5.74, 6) is 0. The Hall–Kier alpha value is -0.860. The summed E-state index contributed by atoms with van der Waals surface area (Å²) in [5.41, 5.74) is -0.190. The lowest BCUT2D eigenvalue weighted by molar-refractivity contribution is 0.768. The van der Waals surface area contributed by atoms with Crippen LogP contribution in [0, 0.1) is 11.3 Å². The van der Waals surface area contributed by atoms with Crippen molar-refractivity contribution in [2.24, 2.45) is 0 Å². The van der Waals surface area contributed by atoms with Crippen molar-refractivity contribution in [3.63, 3.8) is 0 Å². The third-order valence-corrected chi connectivity index (χ3v) is 2.20. The van der Waals surface area contributed by atoms with E-state index >= 15 is 0 Å². The predicted octanol–water partition coefficient (Wildman–Crippen LogP) is 2.39. The lowest BCUT2D eigenvalue weighted by Gasteiger charge is -2.04. The third-order valence-electron chi connectivity index (χ3n) is 1.52. The molecule has 0 aromatic carbocycles. The molecule has 0 N–H and O–H groups in total. The molecule has 0 atom stereocenters. The molecule has 0 radical (unpaired) electrons. The lowest BCUT2D eigenvalue weighted by Crippen LogP contribution is -2.22. The lowest BCUT2D eigenvalue weighted by atomic mass is 10.3. The van der Waals surface area contributed by atoms with Crippen LogP contribution in [0.15, 0.2) is 32.6 Å². The van der Waals surface area contributed by atoms with Gasteiger partial charge < -0.3 is 4.57 Å². The van der Waals surface area contributed by atoms with E-state index in [1.54, 1.807) is 6.20 Å². The molecule has 0 amide bonds. The van der Waals surface area contributed by atoms with Crippen LogP contribution in [0.3, 0.4) is 0 Å². The number of rotatable bonds is 2. The van der Waals surface area contributed by atoms with Crippen molar-refractivity contribution in [1.82, 2.24) is 4.57 Å². The van der Waals surface area contributed by atoms with E-state index in [2.05, 4.69) is 38.4 Å². The maximum absolute atomic E-state index is 11.5. The fraction of sp³-hybridized carbons (Fsp3) is 0.111. The fourth-order valence-corrected chi connectivity index (χ4v) is 1.73. The van der Waals surface area contributed by atoms with Crippen LogP contribution in [0.25, 0.3) is 0 Å². The maximum atomic E-state index is 11.5. The second-order valence-electron chi connectivity index (χ2n) is 2.63. The van der Waals surface area contributed by atoms with Crippen LogP contribution >= 0.6 is 31.9 Å². The van der Waals surface area contributed by atoms with Crippen molar-refractivity contribution < 1.29 is 0 Å².